The van der Waals surface area contributed by atoms with E-state index in [0.29, 0.717) is 12.1 Å². The standard InChI is InChI=1S/C14H16BrN3OS/c1-9-4-13(16-2)12(6-17-9)14(19)18(3)7-11-5-10(15)8-20-11/h4-6,8H,7H2,1-3H3,(H,16,17). The van der Waals surface area contributed by atoms with E-state index in [9.17, 15) is 4.79 Å². The third kappa shape index (κ3) is 3.37. The maximum absolute atomic E-state index is 12.5. The van der Waals surface area contributed by atoms with E-state index in [0.717, 1.165) is 20.7 Å². The van der Waals surface area contributed by atoms with Crippen LogP contribution in [0, 0.1) is 6.92 Å². The molecule has 0 unspecified atom stereocenters. The fraction of sp³-hybridized carbons (Fsp3) is 0.286. The number of nitrogens with one attached hydrogen (secondary N) is 1. The van der Waals surface area contributed by atoms with E-state index < -0.39 is 0 Å². The smallest absolute Gasteiger partial charge is 0.257 e. The molecule has 1 amide bonds. The number of pyridine rings is 1. The molecule has 20 heavy (non-hydrogen) atoms. The minimum absolute atomic E-state index is 0.0358. The fourth-order valence-corrected chi connectivity index (χ4v) is 3.39. The van der Waals surface area contributed by atoms with E-state index in [1.54, 1.807) is 29.5 Å². The Labute approximate surface area is 131 Å². The molecule has 2 aromatic heterocycles. The lowest BCUT2D eigenvalue weighted by atomic mass is 10.2. The summed E-state index contributed by atoms with van der Waals surface area (Å²) >= 11 is 5.05. The fourth-order valence-electron chi connectivity index (χ4n) is 1.88. The van der Waals surface area contributed by atoms with Crippen molar-refractivity contribution in [2.75, 3.05) is 19.4 Å². The van der Waals surface area contributed by atoms with Crippen molar-refractivity contribution in [2.45, 2.75) is 13.5 Å². The SMILES string of the molecule is CNc1cc(C)ncc1C(=O)N(C)Cc1cc(Br)cs1. The van der Waals surface area contributed by atoms with Gasteiger partial charge in [-0.1, -0.05) is 0 Å². The zero-order valence-corrected chi connectivity index (χ0v) is 14.0. The highest BCUT2D eigenvalue weighted by atomic mass is 79.9. The third-order valence-electron chi connectivity index (χ3n) is 2.90. The minimum atomic E-state index is -0.0358. The summed E-state index contributed by atoms with van der Waals surface area (Å²) in [7, 11) is 3.61. The molecule has 0 spiro atoms. The Kier molecular flexibility index (Phi) is 4.77. The van der Waals surface area contributed by atoms with Crippen LogP contribution in [0.3, 0.4) is 0 Å². The summed E-state index contributed by atoms with van der Waals surface area (Å²) < 4.78 is 1.05. The molecule has 1 N–H and O–H groups in total. The van der Waals surface area contributed by atoms with Gasteiger partial charge in [0.05, 0.1) is 17.8 Å². The van der Waals surface area contributed by atoms with Crippen LogP contribution in [0.4, 0.5) is 5.69 Å². The van der Waals surface area contributed by atoms with Crippen LogP contribution in [0.25, 0.3) is 0 Å². The number of hydrogen-bond acceptors (Lipinski definition) is 4. The van der Waals surface area contributed by atoms with Crippen molar-refractivity contribution in [3.63, 3.8) is 0 Å². The van der Waals surface area contributed by atoms with Crippen molar-refractivity contribution >= 4 is 38.9 Å². The third-order valence-corrected chi connectivity index (χ3v) is 4.58. The topological polar surface area (TPSA) is 45.2 Å². The first-order valence-corrected chi connectivity index (χ1v) is 7.81. The zero-order chi connectivity index (χ0) is 14.7. The molecule has 2 heterocycles. The molecule has 0 aromatic carbocycles. The summed E-state index contributed by atoms with van der Waals surface area (Å²) in [6, 6.07) is 3.91. The summed E-state index contributed by atoms with van der Waals surface area (Å²) in [5.74, 6) is -0.0358. The molecule has 6 heteroatoms. The predicted molar refractivity (Wildman–Crippen MR) is 86.3 cm³/mol. The van der Waals surface area contributed by atoms with E-state index in [1.807, 2.05) is 31.5 Å². The number of rotatable bonds is 4. The zero-order valence-electron chi connectivity index (χ0n) is 11.6. The van der Waals surface area contributed by atoms with Crippen molar-refractivity contribution in [3.05, 3.63) is 44.3 Å². The number of anilines is 1. The highest BCUT2D eigenvalue weighted by Gasteiger charge is 2.17. The van der Waals surface area contributed by atoms with Crippen LogP contribution in [-0.2, 0) is 6.54 Å². The van der Waals surface area contributed by atoms with Crippen molar-refractivity contribution in [2.24, 2.45) is 0 Å². The summed E-state index contributed by atoms with van der Waals surface area (Å²) in [5, 5.41) is 5.06. The van der Waals surface area contributed by atoms with Crippen molar-refractivity contribution in [3.8, 4) is 0 Å². The van der Waals surface area contributed by atoms with E-state index >= 15 is 0 Å². The quantitative estimate of drug-likeness (QED) is 0.914. The second-order valence-electron chi connectivity index (χ2n) is 4.51. The highest BCUT2D eigenvalue weighted by molar-refractivity contribution is 9.10. The molecular formula is C14H16BrN3OS. The van der Waals surface area contributed by atoms with Crippen molar-refractivity contribution < 1.29 is 4.79 Å². The lowest BCUT2D eigenvalue weighted by molar-refractivity contribution is 0.0787. The van der Waals surface area contributed by atoms with E-state index in [4.69, 9.17) is 0 Å². The molecule has 0 atom stereocenters. The van der Waals surface area contributed by atoms with Gasteiger partial charge < -0.3 is 10.2 Å². The van der Waals surface area contributed by atoms with Gasteiger partial charge in [-0.25, -0.2) is 0 Å². The van der Waals surface area contributed by atoms with Crippen LogP contribution in [0.1, 0.15) is 20.9 Å². The Hall–Kier alpha value is -1.40. The second kappa shape index (κ2) is 6.37. The van der Waals surface area contributed by atoms with Gasteiger partial charge in [-0.3, -0.25) is 9.78 Å². The summed E-state index contributed by atoms with van der Waals surface area (Å²) in [6.07, 6.45) is 1.63. The molecule has 0 aliphatic heterocycles. The van der Waals surface area contributed by atoms with E-state index in [1.165, 1.54) is 0 Å². The molecule has 0 aliphatic carbocycles. The van der Waals surface area contributed by atoms with Crippen LogP contribution in [0.2, 0.25) is 0 Å². The number of carbonyl (C=O) groups excluding carboxylic acids is 1. The minimum Gasteiger partial charge on any atom is -0.387 e. The predicted octanol–water partition coefficient (Wildman–Crippen LogP) is 3.53. The van der Waals surface area contributed by atoms with E-state index in [-0.39, 0.29) is 5.91 Å². The van der Waals surface area contributed by atoms with Gasteiger partial charge in [0, 0.05) is 40.7 Å². The summed E-state index contributed by atoms with van der Waals surface area (Å²) in [6.45, 7) is 2.49. The molecule has 2 rings (SSSR count). The number of carbonyl (C=O) groups is 1. The van der Waals surface area contributed by atoms with Crippen LogP contribution in [0.5, 0.6) is 0 Å². The van der Waals surface area contributed by atoms with Crippen LogP contribution in [0.15, 0.2) is 28.2 Å². The number of aromatic nitrogens is 1. The van der Waals surface area contributed by atoms with Gasteiger partial charge in [0.15, 0.2) is 0 Å². The molecule has 2 aromatic rings. The number of nitrogens with zero attached hydrogens (tertiary/aromatic N) is 2. The van der Waals surface area contributed by atoms with Crippen molar-refractivity contribution in [1.82, 2.24) is 9.88 Å². The number of aryl methyl sites for hydroxylation is 1. The highest BCUT2D eigenvalue weighted by Crippen LogP contribution is 2.22. The average molecular weight is 354 g/mol. The van der Waals surface area contributed by atoms with Gasteiger partial charge in [-0.2, -0.15) is 0 Å². The average Bonchev–Trinajstić information content (AvgIpc) is 2.83. The molecule has 106 valence electrons. The molecule has 0 saturated carbocycles. The Morgan fingerprint density at radius 1 is 1.50 bits per heavy atom. The van der Waals surface area contributed by atoms with Gasteiger partial charge in [0.25, 0.3) is 5.91 Å². The van der Waals surface area contributed by atoms with Gasteiger partial charge in [0.2, 0.25) is 0 Å². The van der Waals surface area contributed by atoms with Crippen LogP contribution < -0.4 is 5.32 Å². The normalized spacial score (nSPS) is 10.4. The Balaban J connectivity index is 2.18. The first kappa shape index (κ1) is 15.0. The Morgan fingerprint density at radius 3 is 2.85 bits per heavy atom. The number of thiophene rings is 1. The van der Waals surface area contributed by atoms with E-state index in [2.05, 4.69) is 26.2 Å². The number of halogens is 1. The number of hydrogen-bond donors (Lipinski definition) is 1. The first-order chi connectivity index (χ1) is 9.51. The lowest BCUT2D eigenvalue weighted by Crippen LogP contribution is -2.26. The number of amides is 1. The van der Waals surface area contributed by atoms with Crippen molar-refractivity contribution in [1.29, 1.82) is 0 Å². The maximum Gasteiger partial charge on any atom is 0.257 e. The Morgan fingerprint density at radius 2 is 2.25 bits per heavy atom. The van der Waals surface area contributed by atoms with Gasteiger partial charge in [0.1, 0.15) is 0 Å². The maximum atomic E-state index is 12.5. The first-order valence-electron chi connectivity index (χ1n) is 6.14. The summed E-state index contributed by atoms with van der Waals surface area (Å²) in [4.78, 5) is 19.5. The lowest BCUT2D eigenvalue weighted by Gasteiger charge is -2.18. The molecule has 0 aliphatic rings. The van der Waals surface area contributed by atoms with Crippen LogP contribution >= 0.6 is 27.3 Å². The summed E-state index contributed by atoms with van der Waals surface area (Å²) in [5.41, 5.74) is 2.29. The molecule has 0 fully saturated rings. The Bertz CT molecular complexity index is 627. The van der Waals surface area contributed by atoms with Gasteiger partial charge in [-0.15, -0.1) is 11.3 Å². The molecule has 0 bridgehead atoms. The molecule has 0 radical (unpaired) electrons. The molecule has 0 saturated heterocycles. The second-order valence-corrected chi connectivity index (χ2v) is 6.43. The van der Waals surface area contributed by atoms with Gasteiger partial charge >= 0.3 is 0 Å². The van der Waals surface area contributed by atoms with Crippen LogP contribution in [-0.4, -0.2) is 29.9 Å². The molecule has 4 nitrogen and oxygen atoms in total. The van der Waals surface area contributed by atoms with Gasteiger partial charge in [-0.05, 0) is 35.0 Å². The monoisotopic (exact) mass is 353 g/mol. The molecular weight excluding hydrogens is 338 g/mol. The largest absolute Gasteiger partial charge is 0.387 e.